The van der Waals surface area contributed by atoms with Gasteiger partial charge in [-0.3, -0.25) is 19.2 Å². The molecule has 8 nitrogen and oxygen atoms in total. The number of nitrogens with zero attached hydrogens (tertiary/aromatic N) is 2. The third-order valence-corrected chi connectivity index (χ3v) is 10.5. The van der Waals surface area contributed by atoms with Crippen LogP contribution in [-0.4, -0.2) is 40.5 Å². The number of rotatable bonds is 4. The maximum atomic E-state index is 14.9. The second-order valence-corrected chi connectivity index (χ2v) is 11.9. The summed E-state index contributed by atoms with van der Waals surface area (Å²) in [4.78, 5) is 71.3. The highest BCUT2D eigenvalue weighted by molar-refractivity contribution is 9.10. The van der Waals surface area contributed by atoms with E-state index in [0.717, 1.165) is 21.9 Å². The van der Waals surface area contributed by atoms with Gasteiger partial charge in [0.2, 0.25) is 23.6 Å². The summed E-state index contributed by atoms with van der Waals surface area (Å²) in [5.74, 6) is -10.7. The van der Waals surface area contributed by atoms with Crippen LogP contribution in [0.2, 0.25) is 0 Å². The minimum absolute atomic E-state index is 0.00166. The normalized spacial score (nSPS) is 32.6. The van der Waals surface area contributed by atoms with Crippen molar-refractivity contribution >= 4 is 56.9 Å². The van der Waals surface area contributed by atoms with Gasteiger partial charge in [-0.2, -0.15) is 0 Å². The lowest BCUT2D eigenvalue weighted by Gasteiger charge is -2.59. The molecular formula is C29H23BrF2N2O6. The van der Waals surface area contributed by atoms with Gasteiger partial charge in [0.1, 0.15) is 11.6 Å². The number of para-hydroxylation sites is 2. The lowest BCUT2D eigenvalue weighted by atomic mass is 9.43. The number of esters is 1. The van der Waals surface area contributed by atoms with Gasteiger partial charge in [-0.15, -0.1) is 0 Å². The zero-order chi connectivity index (χ0) is 28.9. The molecule has 0 spiro atoms. The fourth-order valence-electron chi connectivity index (χ4n) is 7.47. The summed E-state index contributed by atoms with van der Waals surface area (Å²) in [6.45, 7) is 4.64. The number of ether oxygens (including phenoxy) is 1. The molecule has 2 bridgehead atoms. The summed E-state index contributed by atoms with van der Waals surface area (Å²) in [7, 11) is 0. The van der Waals surface area contributed by atoms with Gasteiger partial charge in [0.15, 0.2) is 0 Å². The molecule has 0 aromatic heterocycles. The number of alkyl halides is 1. The number of imide groups is 2. The minimum atomic E-state index is -1.71. The lowest BCUT2D eigenvalue weighted by molar-refractivity contribution is -0.152. The molecule has 11 heteroatoms. The van der Waals surface area contributed by atoms with Gasteiger partial charge in [-0.25, -0.2) is 23.4 Å². The molecule has 5 aliphatic rings. The molecule has 2 heterocycles. The highest BCUT2D eigenvalue weighted by Crippen LogP contribution is 2.72. The van der Waals surface area contributed by atoms with Crippen LogP contribution in [-0.2, 0) is 28.7 Å². The number of hydrogen-bond donors (Lipinski definition) is 0. The molecule has 2 aromatic rings. The van der Waals surface area contributed by atoms with Crippen LogP contribution < -0.4 is 9.80 Å². The molecule has 2 aromatic carbocycles. The molecule has 7 rings (SSSR count). The van der Waals surface area contributed by atoms with Crippen molar-refractivity contribution in [1.82, 2.24) is 0 Å². The molecule has 206 valence electrons. The number of hydrogen-bond acceptors (Lipinski definition) is 6. The van der Waals surface area contributed by atoms with E-state index in [9.17, 15) is 32.8 Å². The predicted octanol–water partition coefficient (Wildman–Crippen LogP) is 3.92. The Balaban J connectivity index is 1.61. The third-order valence-electron chi connectivity index (χ3n) is 8.96. The van der Waals surface area contributed by atoms with Crippen molar-refractivity contribution in [2.75, 3.05) is 16.4 Å². The molecule has 2 aliphatic heterocycles. The Morgan fingerprint density at radius 3 is 1.62 bits per heavy atom. The molecular weight excluding hydrogens is 590 g/mol. The van der Waals surface area contributed by atoms with Gasteiger partial charge in [0, 0.05) is 11.0 Å². The zero-order valence-corrected chi connectivity index (χ0v) is 23.2. The zero-order valence-electron chi connectivity index (χ0n) is 21.6. The molecule has 0 N–H and O–H groups in total. The van der Waals surface area contributed by atoms with Crippen molar-refractivity contribution < 1.29 is 37.5 Å². The summed E-state index contributed by atoms with van der Waals surface area (Å²) >= 11 is 3.62. The Hall–Kier alpha value is -3.73. The SMILES string of the molecule is CCOC(=O)C1=C(C)C2(Br)[C@@H]3C(=O)N(c4ccccc4F)C(=O)[C@@H]3C1(C)[C@@H]1C(=O)N(c3ccccc3F)C(=O)[C@@H]12. The van der Waals surface area contributed by atoms with Gasteiger partial charge in [-0.1, -0.05) is 47.1 Å². The molecule has 2 unspecified atom stereocenters. The van der Waals surface area contributed by atoms with Crippen LogP contribution in [0, 0.1) is 40.7 Å². The topological polar surface area (TPSA) is 101 Å². The Bertz CT molecular complexity index is 1500. The van der Waals surface area contributed by atoms with Crippen molar-refractivity contribution in [3.8, 4) is 0 Å². The van der Waals surface area contributed by atoms with Crippen molar-refractivity contribution in [1.29, 1.82) is 0 Å². The Morgan fingerprint density at radius 1 is 0.825 bits per heavy atom. The molecule has 3 fully saturated rings. The van der Waals surface area contributed by atoms with Crippen LogP contribution >= 0.6 is 15.9 Å². The van der Waals surface area contributed by atoms with E-state index in [1.165, 1.54) is 43.3 Å². The number of anilines is 2. The average molecular weight is 613 g/mol. The van der Waals surface area contributed by atoms with Crippen LogP contribution in [0.4, 0.5) is 20.2 Å². The smallest absolute Gasteiger partial charge is 0.334 e. The van der Waals surface area contributed by atoms with E-state index in [1.807, 2.05) is 0 Å². The van der Waals surface area contributed by atoms with Gasteiger partial charge >= 0.3 is 5.97 Å². The number of amides is 4. The fraction of sp³-hybridized carbons (Fsp3) is 0.345. The van der Waals surface area contributed by atoms with E-state index in [-0.39, 0.29) is 29.1 Å². The van der Waals surface area contributed by atoms with Crippen molar-refractivity contribution in [2.24, 2.45) is 29.1 Å². The van der Waals surface area contributed by atoms with E-state index in [0.29, 0.717) is 0 Å². The quantitative estimate of drug-likeness (QED) is 0.295. The van der Waals surface area contributed by atoms with Crippen molar-refractivity contribution in [2.45, 2.75) is 25.1 Å². The van der Waals surface area contributed by atoms with E-state index in [1.54, 1.807) is 13.8 Å². The van der Waals surface area contributed by atoms with Gasteiger partial charge in [0.05, 0.1) is 46.0 Å². The molecule has 4 amide bonds. The van der Waals surface area contributed by atoms with Crippen LogP contribution in [0.15, 0.2) is 59.7 Å². The van der Waals surface area contributed by atoms with Gasteiger partial charge in [-0.05, 0) is 43.7 Å². The van der Waals surface area contributed by atoms with Crippen molar-refractivity contribution in [3.05, 3.63) is 71.3 Å². The second-order valence-electron chi connectivity index (χ2n) is 10.6. The maximum Gasteiger partial charge on any atom is 0.334 e. The summed E-state index contributed by atoms with van der Waals surface area (Å²) in [5, 5.41) is 0. The van der Waals surface area contributed by atoms with Crippen molar-refractivity contribution in [3.63, 3.8) is 0 Å². The molecule has 6 atom stereocenters. The standard InChI is InChI=1S/C29H23BrF2N2O6/c1-4-40-27(39)18-13(2)29(30)21-19(23(35)33(25(21)37)16-11-7-5-9-14(16)31)28(18,3)20-22(29)26(38)34(24(20)36)17-12-8-6-10-15(17)32/h5-12,19-22H,4H2,1-3H3/t19-,20+,21+,22-,28?,29?. The number of carbonyl (C=O) groups is 5. The minimum Gasteiger partial charge on any atom is -0.463 e. The largest absolute Gasteiger partial charge is 0.463 e. The predicted molar refractivity (Wildman–Crippen MR) is 141 cm³/mol. The van der Waals surface area contributed by atoms with Crippen LogP contribution in [0.25, 0.3) is 0 Å². The number of allylic oxidation sites excluding steroid dienone is 1. The van der Waals surface area contributed by atoms with Crippen LogP contribution in [0.1, 0.15) is 20.8 Å². The first-order valence-corrected chi connectivity index (χ1v) is 13.6. The Kier molecular flexibility index (Phi) is 5.72. The second kappa shape index (κ2) is 8.63. The number of benzene rings is 2. The monoisotopic (exact) mass is 612 g/mol. The Labute approximate surface area is 236 Å². The highest BCUT2D eigenvalue weighted by atomic mass is 79.9. The first-order chi connectivity index (χ1) is 18.9. The molecule has 40 heavy (non-hydrogen) atoms. The summed E-state index contributed by atoms with van der Waals surface area (Å²) in [6.07, 6.45) is 0. The first-order valence-electron chi connectivity index (χ1n) is 12.8. The molecule has 2 saturated heterocycles. The summed E-state index contributed by atoms with van der Waals surface area (Å²) in [6, 6.07) is 10.6. The van der Waals surface area contributed by atoms with E-state index < -0.39 is 74.6 Å². The first kappa shape index (κ1) is 26.5. The molecule has 1 saturated carbocycles. The number of halogens is 3. The maximum absolute atomic E-state index is 14.9. The van der Waals surface area contributed by atoms with Gasteiger partial charge in [0.25, 0.3) is 0 Å². The third kappa shape index (κ3) is 2.96. The lowest BCUT2D eigenvalue weighted by Crippen LogP contribution is -2.67. The Morgan fingerprint density at radius 2 is 1.23 bits per heavy atom. The van der Waals surface area contributed by atoms with E-state index in [4.69, 9.17) is 4.74 Å². The van der Waals surface area contributed by atoms with Crippen LogP contribution in [0.5, 0.6) is 0 Å². The number of carbonyl (C=O) groups excluding carboxylic acids is 5. The van der Waals surface area contributed by atoms with Gasteiger partial charge < -0.3 is 4.74 Å². The summed E-state index contributed by atoms with van der Waals surface area (Å²) < 4.78 is 33.4. The molecule has 0 radical (unpaired) electrons. The van der Waals surface area contributed by atoms with Crippen LogP contribution in [0.3, 0.4) is 0 Å². The average Bonchev–Trinajstić information content (AvgIpc) is 3.34. The summed E-state index contributed by atoms with van der Waals surface area (Å²) in [5.41, 5.74) is -1.97. The van der Waals surface area contributed by atoms with E-state index >= 15 is 0 Å². The highest BCUT2D eigenvalue weighted by Gasteiger charge is 2.81. The van der Waals surface area contributed by atoms with E-state index in [2.05, 4.69) is 15.9 Å². The fourth-order valence-corrected chi connectivity index (χ4v) is 8.59. The molecule has 3 aliphatic carbocycles.